The maximum atomic E-state index is 12.7. The van der Waals surface area contributed by atoms with E-state index in [0.717, 1.165) is 17.1 Å². The summed E-state index contributed by atoms with van der Waals surface area (Å²) in [6, 6.07) is 0. The largest absolute Gasteiger partial charge is 0.481 e. The molecular weight excluding hydrogens is 306 g/mol. The number of hydrogen-bond acceptors (Lipinski definition) is 4. The lowest BCUT2D eigenvalue weighted by atomic mass is 9.53. The van der Waals surface area contributed by atoms with Crippen LogP contribution in [0.25, 0.3) is 0 Å². The van der Waals surface area contributed by atoms with Gasteiger partial charge >= 0.3 is 5.97 Å². The normalized spacial score (nSPS) is 28.6. The minimum Gasteiger partial charge on any atom is -0.481 e. The zero-order valence-electron chi connectivity index (χ0n) is 14.4. The third-order valence-corrected chi connectivity index (χ3v) is 6.09. The van der Waals surface area contributed by atoms with Gasteiger partial charge in [-0.3, -0.25) is 9.59 Å². The first-order valence-electron chi connectivity index (χ1n) is 8.68. The predicted molar refractivity (Wildman–Crippen MR) is 88.4 cm³/mol. The molecule has 3 aliphatic carbocycles. The Bertz CT molecular complexity index is 647. The summed E-state index contributed by atoms with van der Waals surface area (Å²) in [6.07, 6.45) is 6.35. The van der Waals surface area contributed by atoms with E-state index >= 15 is 0 Å². The van der Waals surface area contributed by atoms with Crippen molar-refractivity contribution >= 4 is 11.9 Å². The molecule has 24 heavy (non-hydrogen) atoms. The lowest BCUT2D eigenvalue weighted by molar-refractivity contribution is -0.163. The molecule has 1 aromatic heterocycles. The topological polar surface area (TPSA) is 92.2 Å². The summed E-state index contributed by atoms with van der Waals surface area (Å²) in [5.41, 5.74) is 1.10. The van der Waals surface area contributed by atoms with Gasteiger partial charge in [0.25, 0.3) is 0 Å². The van der Waals surface area contributed by atoms with E-state index in [1.54, 1.807) is 0 Å². The molecule has 6 nitrogen and oxygen atoms in total. The first-order valence-corrected chi connectivity index (χ1v) is 8.68. The molecule has 3 saturated carbocycles. The molecule has 1 amide bonds. The van der Waals surface area contributed by atoms with Gasteiger partial charge in [0.15, 0.2) is 0 Å². The number of rotatable bonds is 5. The second-order valence-electron chi connectivity index (χ2n) is 7.43. The van der Waals surface area contributed by atoms with Gasteiger partial charge in [0.1, 0.15) is 5.82 Å². The maximum absolute atomic E-state index is 12.7. The Morgan fingerprint density at radius 2 is 1.71 bits per heavy atom. The highest BCUT2D eigenvalue weighted by atomic mass is 16.4. The van der Waals surface area contributed by atoms with Crippen molar-refractivity contribution in [2.24, 2.45) is 10.8 Å². The van der Waals surface area contributed by atoms with Crippen molar-refractivity contribution < 1.29 is 14.7 Å². The summed E-state index contributed by atoms with van der Waals surface area (Å²) in [4.78, 5) is 32.9. The molecule has 3 aliphatic rings. The van der Waals surface area contributed by atoms with Crippen LogP contribution in [0, 0.1) is 24.7 Å². The lowest BCUT2D eigenvalue weighted by Crippen LogP contribution is -2.52. The van der Waals surface area contributed by atoms with Gasteiger partial charge in [-0.25, -0.2) is 9.97 Å². The Hall–Kier alpha value is -1.98. The van der Waals surface area contributed by atoms with Gasteiger partial charge in [-0.05, 0) is 57.9 Å². The Morgan fingerprint density at radius 1 is 1.12 bits per heavy atom. The van der Waals surface area contributed by atoms with Crippen molar-refractivity contribution in [1.82, 2.24) is 15.3 Å². The van der Waals surface area contributed by atoms with Crippen molar-refractivity contribution in [2.45, 2.75) is 58.8 Å². The van der Waals surface area contributed by atoms with Gasteiger partial charge < -0.3 is 10.4 Å². The van der Waals surface area contributed by atoms with E-state index in [-0.39, 0.29) is 11.3 Å². The van der Waals surface area contributed by atoms with Crippen LogP contribution in [0.2, 0.25) is 0 Å². The number of aliphatic carboxylic acids is 1. The number of amides is 1. The molecule has 4 rings (SSSR count). The van der Waals surface area contributed by atoms with Gasteiger partial charge in [0.05, 0.1) is 5.41 Å². The van der Waals surface area contributed by atoms with E-state index in [1.807, 2.05) is 20.0 Å². The smallest absolute Gasteiger partial charge is 0.309 e. The van der Waals surface area contributed by atoms with Crippen LogP contribution in [0.1, 0.15) is 55.6 Å². The number of hydrogen-bond donors (Lipinski definition) is 2. The van der Waals surface area contributed by atoms with Crippen molar-refractivity contribution in [2.75, 3.05) is 6.54 Å². The summed E-state index contributed by atoms with van der Waals surface area (Å²) in [6.45, 7) is 4.45. The molecule has 1 aromatic rings. The monoisotopic (exact) mass is 331 g/mol. The summed E-state index contributed by atoms with van der Waals surface area (Å²) >= 11 is 0. The number of aryl methyl sites for hydroxylation is 2. The van der Waals surface area contributed by atoms with Crippen molar-refractivity contribution in [3.8, 4) is 0 Å². The molecule has 0 unspecified atom stereocenters. The van der Waals surface area contributed by atoms with Crippen LogP contribution in [0.3, 0.4) is 0 Å². The number of aromatic nitrogens is 2. The van der Waals surface area contributed by atoms with E-state index in [9.17, 15) is 14.7 Å². The number of nitrogens with zero attached hydrogens (tertiary/aromatic N) is 2. The van der Waals surface area contributed by atoms with E-state index in [4.69, 9.17) is 0 Å². The number of carbonyl (C=O) groups excluding carboxylic acids is 1. The zero-order valence-corrected chi connectivity index (χ0v) is 14.4. The number of fused-ring (bicyclic) bond motifs is 3. The Kier molecular flexibility index (Phi) is 4.32. The first kappa shape index (κ1) is 16.9. The molecule has 1 heterocycles. The fourth-order valence-electron chi connectivity index (χ4n) is 4.02. The molecule has 0 aromatic carbocycles. The third-order valence-electron chi connectivity index (χ3n) is 6.09. The molecule has 130 valence electrons. The summed E-state index contributed by atoms with van der Waals surface area (Å²) < 4.78 is 0. The van der Waals surface area contributed by atoms with E-state index < -0.39 is 11.4 Å². The van der Waals surface area contributed by atoms with Crippen LogP contribution in [-0.2, 0) is 16.0 Å². The van der Waals surface area contributed by atoms with E-state index in [0.29, 0.717) is 51.5 Å². The summed E-state index contributed by atoms with van der Waals surface area (Å²) in [5.74, 6) is 0.126. The van der Waals surface area contributed by atoms with Crippen LogP contribution >= 0.6 is 0 Å². The van der Waals surface area contributed by atoms with Gasteiger partial charge in [-0.15, -0.1) is 0 Å². The Labute approximate surface area is 142 Å². The van der Waals surface area contributed by atoms with Gasteiger partial charge in [0, 0.05) is 30.3 Å². The number of carbonyl (C=O) groups is 2. The van der Waals surface area contributed by atoms with Crippen LogP contribution < -0.4 is 5.32 Å². The minimum absolute atomic E-state index is 0.0741. The fourth-order valence-corrected chi connectivity index (χ4v) is 4.02. The highest BCUT2D eigenvalue weighted by Gasteiger charge is 2.55. The molecule has 6 heteroatoms. The van der Waals surface area contributed by atoms with E-state index in [1.165, 1.54) is 0 Å². The van der Waals surface area contributed by atoms with Crippen LogP contribution in [0.5, 0.6) is 0 Å². The van der Waals surface area contributed by atoms with E-state index in [2.05, 4.69) is 15.3 Å². The summed E-state index contributed by atoms with van der Waals surface area (Å²) in [7, 11) is 0. The molecular formula is C18H25N3O3. The van der Waals surface area contributed by atoms with Crippen LogP contribution in [0.15, 0.2) is 6.20 Å². The summed E-state index contributed by atoms with van der Waals surface area (Å²) in [5, 5.41) is 12.5. The van der Waals surface area contributed by atoms with Gasteiger partial charge in [-0.1, -0.05) is 0 Å². The van der Waals surface area contributed by atoms with Gasteiger partial charge in [0.2, 0.25) is 5.91 Å². The highest BCUT2D eigenvalue weighted by molar-refractivity contribution is 5.84. The third kappa shape index (κ3) is 2.89. The minimum atomic E-state index is -0.692. The molecule has 2 N–H and O–H groups in total. The Morgan fingerprint density at radius 3 is 2.25 bits per heavy atom. The molecule has 3 fully saturated rings. The van der Waals surface area contributed by atoms with Crippen molar-refractivity contribution in [3.63, 3.8) is 0 Å². The molecule has 0 spiro atoms. The Balaban J connectivity index is 1.54. The number of nitrogens with one attached hydrogen (secondary N) is 1. The number of carboxylic acid groups (broad SMARTS) is 1. The molecule has 0 saturated heterocycles. The molecule has 0 radical (unpaired) electrons. The highest BCUT2D eigenvalue weighted by Crippen LogP contribution is 2.57. The zero-order chi connectivity index (χ0) is 17.4. The maximum Gasteiger partial charge on any atom is 0.309 e. The lowest BCUT2D eigenvalue weighted by Gasteiger charge is -2.50. The average molecular weight is 331 g/mol. The van der Waals surface area contributed by atoms with Crippen molar-refractivity contribution in [1.29, 1.82) is 0 Å². The molecule has 0 aliphatic heterocycles. The SMILES string of the molecule is Cc1cnc(CCNC(=O)C23CCC(C(=O)O)(CC2)CC3)nc1C. The van der Waals surface area contributed by atoms with Crippen LogP contribution in [-0.4, -0.2) is 33.5 Å². The fraction of sp³-hybridized carbons (Fsp3) is 0.667. The average Bonchev–Trinajstić information content (AvgIpc) is 2.59. The van der Waals surface area contributed by atoms with Gasteiger partial charge in [-0.2, -0.15) is 0 Å². The van der Waals surface area contributed by atoms with Crippen molar-refractivity contribution in [3.05, 3.63) is 23.3 Å². The molecule has 0 atom stereocenters. The first-order chi connectivity index (χ1) is 11.4. The second-order valence-corrected chi connectivity index (χ2v) is 7.43. The molecule has 2 bridgehead atoms. The second kappa shape index (κ2) is 6.15. The quantitative estimate of drug-likeness (QED) is 0.863. The number of carboxylic acids is 1. The standard InChI is InChI=1S/C18H25N3O3/c1-12-11-20-14(21-13(12)2)3-10-19-15(22)17-4-7-18(8-5-17,9-6-17)16(23)24/h11H,3-10H2,1-2H3,(H,19,22)(H,23,24). The van der Waals surface area contributed by atoms with Crippen LogP contribution in [0.4, 0.5) is 0 Å². The predicted octanol–water partition coefficient (Wildman–Crippen LogP) is 2.18.